The zero-order valence-corrected chi connectivity index (χ0v) is 19.2. The van der Waals surface area contributed by atoms with Crippen molar-refractivity contribution in [2.45, 2.75) is 46.1 Å². The molecule has 0 saturated carbocycles. The van der Waals surface area contributed by atoms with Gasteiger partial charge in [-0.15, -0.1) is 0 Å². The largest absolute Gasteiger partial charge is 0.483 e. The smallest absolute Gasteiger partial charge is 0.326 e. The van der Waals surface area contributed by atoms with Gasteiger partial charge in [-0.3, -0.25) is 14.4 Å². The first kappa shape index (κ1) is 25.0. The monoisotopic (exact) mass is 454 g/mol. The summed E-state index contributed by atoms with van der Waals surface area (Å²) in [6.45, 7) is 8.03. The fraction of sp³-hybridized carbons (Fsp3) is 0.571. The average molecular weight is 455 g/mol. The van der Waals surface area contributed by atoms with Crippen LogP contribution in [0.1, 0.15) is 39.7 Å². The van der Waals surface area contributed by atoms with Crippen LogP contribution >= 0.6 is 12.1 Å². The van der Waals surface area contributed by atoms with Gasteiger partial charge in [0, 0.05) is 30.7 Å². The van der Waals surface area contributed by atoms with Gasteiger partial charge < -0.3 is 18.9 Å². The summed E-state index contributed by atoms with van der Waals surface area (Å²) in [5, 5.41) is 0. The Labute approximate surface area is 187 Å². The third-order valence-electron chi connectivity index (χ3n) is 4.17. The van der Waals surface area contributed by atoms with Crippen molar-refractivity contribution >= 4 is 30.0 Å². The molecule has 0 bridgehead atoms. The highest BCUT2D eigenvalue weighted by atomic mass is 32.2. The molecule has 1 heterocycles. The van der Waals surface area contributed by atoms with Crippen LogP contribution in [0.25, 0.3) is 0 Å². The number of nitrogens with one attached hydrogen (secondary N) is 1. The Morgan fingerprint density at radius 3 is 2.55 bits per heavy atom. The summed E-state index contributed by atoms with van der Waals surface area (Å²) in [5.74, 6) is -0.326. The van der Waals surface area contributed by atoms with Gasteiger partial charge in [-0.2, -0.15) is 0 Å². The second-order valence-electron chi connectivity index (χ2n) is 7.39. The maximum atomic E-state index is 12.3. The molecule has 10 heteroatoms. The summed E-state index contributed by atoms with van der Waals surface area (Å²) in [4.78, 5) is 35.7. The quantitative estimate of drug-likeness (QED) is 0.287. The lowest BCUT2D eigenvalue weighted by molar-refractivity contribution is -0.145. The van der Waals surface area contributed by atoms with E-state index in [0.29, 0.717) is 11.5 Å². The van der Waals surface area contributed by atoms with Crippen molar-refractivity contribution in [3.05, 3.63) is 23.8 Å². The van der Waals surface area contributed by atoms with Gasteiger partial charge >= 0.3 is 17.9 Å². The Hall–Kier alpha value is -2.30. The lowest BCUT2D eigenvalue weighted by Gasteiger charge is -2.20. The van der Waals surface area contributed by atoms with Crippen LogP contribution < -0.4 is 14.2 Å². The molecule has 9 nitrogen and oxygen atoms in total. The van der Waals surface area contributed by atoms with Gasteiger partial charge in [-0.25, -0.2) is 9.03 Å². The lowest BCUT2D eigenvalue weighted by Crippen LogP contribution is -2.32. The van der Waals surface area contributed by atoms with E-state index >= 15 is 0 Å². The van der Waals surface area contributed by atoms with Crippen molar-refractivity contribution in [1.82, 2.24) is 9.03 Å². The average Bonchev–Trinajstić information content (AvgIpc) is 3.01. The van der Waals surface area contributed by atoms with Crippen LogP contribution in [0, 0.1) is 0 Å². The molecule has 1 aliphatic heterocycles. The van der Waals surface area contributed by atoms with Crippen molar-refractivity contribution in [3.63, 3.8) is 0 Å². The molecule has 0 aliphatic carbocycles. The molecule has 1 N–H and O–H groups in total. The van der Waals surface area contributed by atoms with E-state index in [1.54, 1.807) is 24.2 Å². The molecule has 0 spiro atoms. The molecular formula is C21H30N2O7S. The normalized spacial score (nSPS) is 14.0. The topological polar surface area (TPSA) is 103 Å². The summed E-state index contributed by atoms with van der Waals surface area (Å²) in [6, 6.07) is 5.47. The molecule has 1 aliphatic rings. The summed E-state index contributed by atoms with van der Waals surface area (Å²) in [6.07, 6.45) is 0.848. The molecule has 2 rings (SSSR count). The Bertz CT molecular complexity index is 785. The van der Waals surface area contributed by atoms with Crippen LogP contribution in [0.5, 0.6) is 11.5 Å². The maximum Gasteiger partial charge on any atom is 0.326 e. The van der Waals surface area contributed by atoms with Crippen molar-refractivity contribution in [2.75, 3.05) is 32.8 Å². The number of carbonyl (C=O) groups excluding carboxylic acids is 3. The van der Waals surface area contributed by atoms with E-state index in [1.807, 2.05) is 26.0 Å². The van der Waals surface area contributed by atoms with E-state index in [-0.39, 0.29) is 50.8 Å². The maximum absolute atomic E-state index is 12.3. The number of carbonyl (C=O) groups is 3. The van der Waals surface area contributed by atoms with Gasteiger partial charge in [0.1, 0.15) is 18.7 Å². The Balaban J connectivity index is 1.85. The molecule has 0 aromatic heterocycles. The van der Waals surface area contributed by atoms with Crippen LogP contribution in [0.4, 0.5) is 0 Å². The van der Waals surface area contributed by atoms with Crippen molar-refractivity contribution in [3.8, 4) is 11.5 Å². The molecule has 31 heavy (non-hydrogen) atoms. The van der Waals surface area contributed by atoms with E-state index in [1.165, 1.54) is 0 Å². The minimum absolute atomic E-state index is 0.0466. The minimum Gasteiger partial charge on any atom is -0.483 e. The second kappa shape index (κ2) is 11.9. The molecule has 0 radical (unpaired) electrons. The molecular weight excluding hydrogens is 424 g/mol. The summed E-state index contributed by atoms with van der Waals surface area (Å²) in [5.41, 5.74) is 0.656. The van der Waals surface area contributed by atoms with Gasteiger partial charge in [-0.1, -0.05) is 12.1 Å². The molecule has 172 valence electrons. The number of nitrogens with zero attached hydrogens (tertiary/aromatic N) is 1. The van der Waals surface area contributed by atoms with Gasteiger partial charge in [0.25, 0.3) is 0 Å². The van der Waals surface area contributed by atoms with Crippen molar-refractivity contribution in [2.24, 2.45) is 0 Å². The standard InChI is InChI=1S/C21H30N2O7S/c1-5-27-17(24)10-11-23(14-19(26)28-6-2)31-22-13-18(25)29-16-9-7-8-15-12-21(3,4)30-20(15)16/h7-9,22H,5-6,10-14H2,1-4H3. The number of ether oxygens (including phenoxy) is 4. The number of esters is 3. The van der Waals surface area contributed by atoms with Gasteiger partial charge in [0.2, 0.25) is 0 Å². The van der Waals surface area contributed by atoms with Gasteiger partial charge in [0.15, 0.2) is 11.5 Å². The lowest BCUT2D eigenvalue weighted by atomic mass is 10.0. The number of hydrogen-bond acceptors (Lipinski definition) is 10. The fourth-order valence-corrected chi connectivity index (χ4v) is 3.68. The van der Waals surface area contributed by atoms with Gasteiger partial charge in [-0.05, 0) is 33.8 Å². The van der Waals surface area contributed by atoms with Crippen LogP contribution in [0.15, 0.2) is 18.2 Å². The van der Waals surface area contributed by atoms with E-state index in [9.17, 15) is 14.4 Å². The summed E-state index contributed by atoms with van der Waals surface area (Å²) in [7, 11) is 0. The molecule has 1 aromatic carbocycles. The van der Waals surface area contributed by atoms with E-state index in [0.717, 1.165) is 24.1 Å². The third kappa shape index (κ3) is 8.39. The second-order valence-corrected chi connectivity index (χ2v) is 8.38. The van der Waals surface area contributed by atoms with Crippen LogP contribution in [-0.4, -0.2) is 60.7 Å². The molecule has 0 unspecified atom stereocenters. The molecule has 0 amide bonds. The number of rotatable bonds is 12. The van der Waals surface area contributed by atoms with Crippen molar-refractivity contribution < 1.29 is 33.3 Å². The predicted molar refractivity (Wildman–Crippen MR) is 116 cm³/mol. The zero-order chi connectivity index (χ0) is 22.9. The summed E-state index contributed by atoms with van der Waals surface area (Å²) >= 11 is 1.04. The highest BCUT2D eigenvalue weighted by Crippen LogP contribution is 2.41. The fourth-order valence-electron chi connectivity index (χ4n) is 2.97. The van der Waals surface area contributed by atoms with E-state index < -0.39 is 11.9 Å². The molecule has 0 atom stereocenters. The zero-order valence-electron chi connectivity index (χ0n) is 18.4. The first-order valence-electron chi connectivity index (χ1n) is 10.2. The van der Waals surface area contributed by atoms with E-state index in [2.05, 4.69) is 4.72 Å². The van der Waals surface area contributed by atoms with Crippen LogP contribution in [0.3, 0.4) is 0 Å². The first-order chi connectivity index (χ1) is 14.7. The number of hydrogen-bond donors (Lipinski definition) is 1. The Morgan fingerprint density at radius 2 is 1.84 bits per heavy atom. The van der Waals surface area contributed by atoms with Gasteiger partial charge in [0.05, 0.1) is 19.6 Å². The highest BCUT2D eigenvalue weighted by molar-refractivity contribution is 7.95. The molecule has 0 saturated heterocycles. The highest BCUT2D eigenvalue weighted by Gasteiger charge is 2.32. The van der Waals surface area contributed by atoms with E-state index in [4.69, 9.17) is 18.9 Å². The molecule has 1 aromatic rings. The predicted octanol–water partition coefficient (Wildman–Crippen LogP) is 2.28. The molecule has 0 fully saturated rings. The van der Waals surface area contributed by atoms with Crippen LogP contribution in [-0.2, 0) is 30.3 Å². The Kier molecular flexibility index (Phi) is 9.60. The van der Waals surface area contributed by atoms with Crippen LogP contribution in [0.2, 0.25) is 0 Å². The number of benzene rings is 1. The third-order valence-corrected chi connectivity index (χ3v) is 5.01. The minimum atomic E-state index is -0.504. The van der Waals surface area contributed by atoms with Crippen molar-refractivity contribution in [1.29, 1.82) is 0 Å². The first-order valence-corrected chi connectivity index (χ1v) is 11.0. The summed E-state index contributed by atoms with van der Waals surface area (Å²) < 4.78 is 25.7. The number of para-hydroxylation sites is 1. The Morgan fingerprint density at radius 1 is 1.13 bits per heavy atom. The SMILES string of the molecule is CCOC(=O)CCN(CC(=O)OCC)SNCC(=O)Oc1cccc2c1OC(C)(C)C2. The number of fused-ring (bicyclic) bond motifs is 1.